The van der Waals surface area contributed by atoms with Gasteiger partial charge in [0.25, 0.3) is 15.9 Å². The summed E-state index contributed by atoms with van der Waals surface area (Å²) < 4.78 is 65.3. The summed E-state index contributed by atoms with van der Waals surface area (Å²) in [6.45, 7) is 1.51. The Morgan fingerprint density at radius 1 is 1.13 bits per heavy atom. The zero-order valence-corrected chi connectivity index (χ0v) is 17.7. The number of carbonyl (C=O) groups excluding carboxylic acids is 1. The Hall–Kier alpha value is -2.41. The van der Waals surface area contributed by atoms with Crippen molar-refractivity contribution in [2.75, 3.05) is 0 Å². The summed E-state index contributed by atoms with van der Waals surface area (Å²) in [7, 11) is -4.19. The summed E-state index contributed by atoms with van der Waals surface area (Å²) in [5.41, 5.74) is -0.174. The summed E-state index contributed by atoms with van der Waals surface area (Å²) in [6, 6.07) is 10.2. The molecule has 0 aliphatic heterocycles. The highest BCUT2D eigenvalue weighted by molar-refractivity contribution is 7.98. The SMILES string of the molecule is Cc1nc(-c2ccc(C(F)(F)F)cc2)sc1C(=O)NS(=O)(=O)c1ccccc1SN. The number of hydrogen-bond donors (Lipinski definition) is 2. The molecule has 12 heteroatoms. The minimum absolute atomic E-state index is 0.0337. The number of benzene rings is 2. The minimum atomic E-state index is -4.46. The topological polar surface area (TPSA) is 102 Å². The molecule has 6 nitrogen and oxygen atoms in total. The number of nitrogens with zero attached hydrogens (tertiary/aromatic N) is 1. The highest BCUT2D eigenvalue weighted by Gasteiger charge is 2.30. The van der Waals surface area contributed by atoms with E-state index in [0.717, 1.165) is 35.4 Å². The van der Waals surface area contributed by atoms with Crippen LogP contribution in [0, 0.1) is 6.92 Å². The lowest BCUT2D eigenvalue weighted by Crippen LogP contribution is -2.30. The largest absolute Gasteiger partial charge is 0.416 e. The zero-order valence-electron chi connectivity index (χ0n) is 15.2. The molecule has 30 heavy (non-hydrogen) atoms. The smallest absolute Gasteiger partial charge is 0.274 e. The molecule has 0 aliphatic rings. The third-order valence-corrected chi connectivity index (χ3v) is 7.29. The molecule has 0 spiro atoms. The molecular formula is C18H14F3N3O3S3. The number of amides is 1. The van der Waals surface area contributed by atoms with E-state index in [4.69, 9.17) is 5.14 Å². The van der Waals surface area contributed by atoms with Crippen LogP contribution < -0.4 is 9.86 Å². The summed E-state index contributed by atoms with van der Waals surface area (Å²) in [6.07, 6.45) is -4.46. The second-order valence-corrected chi connectivity index (χ2v) is 9.33. The predicted octanol–water partition coefficient (Wildman–Crippen LogP) is 4.22. The molecule has 0 saturated carbocycles. The van der Waals surface area contributed by atoms with Gasteiger partial charge in [-0.1, -0.05) is 24.3 Å². The van der Waals surface area contributed by atoms with E-state index in [0.29, 0.717) is 10.6 Å². The van der Waals surface area contributed by atoms with E-state index < -0.39 is 27.7 Å². The van der Waals surface area contributed by atoms with E-state index in [2.05, 4.69) is 4.98 Å². The number of aryl methyl sites for hydroxylation is 1. The van der Waals surface area contributed by atoms with Gasteiger partial charge in [0.2, 0.25) is 0 Å². The third kappa shape index (κ3) is 4.67. The van der Waals surface area contributed by atoms with E-state index in [9.17, 15) is 26.4 Å². The number of carbonyl (C=O) groups is 1. The molecular weight excluding hydrogens is 459 g/mol. The molecule has 3 N–H and O–H groups in total. The van der Waals surface area contributed by atoms with Crippen LogP contribution in [0.3, 0.4) is 0 Å². The van der Waals surface area contributed by atoms with Gasteiger partial charge in [-0.05, 0) is 43.1 Å². The van der Waals surface area contributed by atoms with Crippen LogP contribution in [0.15, 0.2) is 58.3 Å². The van der Waals surface area contributed by atoms with Crippen molar-refractivity contribution in [1.82, 2.24) is 9.71 Å². The van der Waals surface area contributed by atoms with Gasteiger partial charge in [-0.25, -0.2) is 18.1 Å². The van der Waals surface area contributed by atoms with Gasteiger partial charge in [0, 0.05) is 10.5 Å². The van der Waals surface area contributed by atoms with Gasteiger partial charge in [0.05, 0.1) is 11.3 Å². The maximum absolute atomic E-state index is 12.7. The van der Waals surface area contributed by atoms with Crippen molar-refractivity contribution in [2.24, 2.45) is 5.14 Å². The lowest BCUT2D eigenvalue weighted by molar-refractivity contribution is -0.137. The predicted molar refractivity (Wildman–Crippen MR) is 108 cm³/mol. The third-order valence-electron chi connectivity index (χ3n) is 3.95. The highest BCUT2D eigenvalue weighted by atomic mass is 32.2. The Labute approximate surface area is 178 Å². The van der Waals surface area contributed by atoms with Crippen LogP contribution in [0.4, 0.5) is 13.2 Å². The molecule has 3 rings (SSSR count). The molecule has 0 aliphatic carbocycles. The van der Waals surface area contributed by atoms with Crippen LogP contribution in [0.25, 0.3) is 10.6 Å². The Bertz CT molecular complexity index is 1190. The van der Waals surface area contributed by atoms with Crippen molar-refractivity contribution in [2.45, 2.75) is 22.9 Å². The second-order valence-electron chi connectivity index (χ2n) is 6.01. The zero-order chi connectivity index (χ0) is 22.1. The second kappa shape index (κ2) is 8.38. The van der Waals surface area contributed by atoms with Crippen molar-refractivity contribution in [3.63, 3.8) is 0 Å². The molecule has 0 radical (unpaired) electrons. The Balaban J connectivity index is 1.87. The van der Waals surface area contributed by atoms with E-state index in [1.54, 1.807) is 6.07 Å². The van der Waals surface area contributed by atoms with Gasteiger partial charge < -0.3 is 0 Å². The molecule has 1 heterocycles. The molecule has 3 aromatic rings. The van der Waals surface area contributed by atoms with Crippen molar-refractivity contribution in [1.29, 1.82) is 0 Å². The number of rotatable bonds is 5. The summed E-state index contributed by atoms with van der Waals surface area (Å²) in [4.78, 5) is 16.9. The molecule has 0 saturated heterocycles. The highest BCUT2D eigenvalue weighted by Crippen LogP contribution is 2.33. The summed E-state index contributed by atoms with van der Waals surface area (Å²) >= 11 is 1.61. The van der Waals surface area contributed by atoms with Crippen LogP contribution in [0.1, 0.15) is 20.9 Å². The standard InChI is InChI=1S/C18H14F3N3O3S3/c1-10-15(16(25)24-30(26,27)14-5-3-2-4-13(14)29-22)28-17(23-10)11-6-8-12(9-7-11)18(19,20)21/h2-9H,22H2,1H3,(H,24,25). The fourth-order valence-electron chi connectivity index (χ4n) is 2.53. The number of aromatic nitrogens is 1. The monoisotopic (exact) mass is 473 g/mol. The van der Waals surface area contributed by atoms with Gasteiger partial charge in [-0.15, -0.1) is 11.3 Å². The maximum atomic E-state index is 12.7. The molecule has 0 fully saturated rings. The fourth-order valence-corrected chi connectivity index (χ4v) is 5.42. The number of nitrogens with one attached hydrogen (secondary N) is 1. The van der Waals surface area contributed by atoms with E-state index in [-0.39, 0.29) is 20.4 Å². The normalized spacial score (nSPS) is 12.0. The number of alkyl halides is 3. The molecule has 1 amide bonds. The Morgan fingerprint density at radius 2 is 1.77 bits per heavy atom. The van der Waals surface area contributed by atoms with Crippen LogP contribution in [0.5, 0.6) is 0 Å². The molecule has 0 bridgehead atoms. The first-order chi connectivity index (χ1) is 14.0. The minimum Gasteiger partial charge on any atom is -0.274 e. The van der Waals surface area contributed by atoms with E-state index in [1.807, 2.05) is 4.72 Å². The van der Waals surface area contributed by atoms with Gasteiger partial charge in [0.1, 0.15) is 14.8 Å². The fraction of sp³-hybridized carbons (Fsp3) is 0.111. The average molecular weight is 474 g/mol. The number of halogens is 3. The molecule has 0 atom stereocenters. The lowest BCUT2D eigenvalue weighted by atomic mass is 10.1. The molecule has 1 aromatic heterocycles. The van der Waals surface area contributed by atoms with Crippen molar-refractivity contribution in [3.8, 4) is 10.6 Å². The lowest BCUT2D eigenvalue weighted by Gasteiger charge is -2.09. The van der Waals surface area contributed by atoms with Gasteiger partial charge in [-0.3, -0.25) is 9.93 Å². The summed E-state index contributed by atoms with van der Waals surface area (Å²) in [5, 5.41) is 5.77. The number of nitrogens with two attached hydrogens (primary N) is 1. The first-order valence-corrected chi connectivity index (χ1v) is 11.4. The average Bonchev–Trinajstić information content (AvgIpc) is 3.09. The van der Waals surface area contributed by atoms with Gasteiger partial charge >= 0.3 is 6.18 Å². The van der Waals surface area contributed by atoms with Crippen LogP contribution >= 0.6 is 23.3 Å². The van der Waals surface area contributed by atoms with E-state index >= 15 is 0 Å². The van der Waals surface area contributed by atoms with Gasteiger partial charge in [-0.2, -0.15) is 13.2 Å². The summed E-state index contributed by atoms with van der Waals surface area (Å²) in [5.74, 6) is -0.889. The van der Waals surface area contributed by atoms with Gasteiger partial charge in [0.15, 0.2) is 0 Å². The Morgan fingerprint density at radius 3 is 2.37 bits per heavy atom. The Kier molecular flexibility index (Phi) is 6.22. The maximum Gasteiger partial charge on any atom is 0.416 e. The van der Waals surface area contributed by atoms with Crippen LogP contribution in [0.2, 0.25) is 0 Å². The first kappa shape index (κ1) is 22.3. The van der Waals surface area contributed by atoms with Crippen LogP contribution in [-0.4, -0.2) is 19.3 Å². The number of thiazole rings is 1. The van der Waals surface area contributed by atoms with Crippen molar-refractivity contribution >= 4 is 39.2 Å². The molecule has 2 aromatic carbocycles. The quantitative estimate of drug-likeness (QED) is 0.538. The van der Waals surface area contributed by atoms with E-state index in [1.165, 1.54) is 37.3 Å². The number of hydrogen-bond acceptors (Lipinski definition) is 7. The molecule has 0 unspecified atom stereocenters. The van der Waals surface area contributed by atoms with Crippen molar-refractivity contribution < 1.29 is 26.4 Å². The van der Waals surface area contributed by atoms with Crippen LogP contribution in [-0.2, 0) is 16.2 Å². The first-order valence-electron chi connectivity index (χ1n) is 8.21. The number of sulfonamides is 1. The molecule has 158 valence electrons. The van der Waals surface area contributed by atoms with Crippen molar-refractivity contribution in [3.05, 3.63) is 64.7 Å².